The molecule has 0 saturated carbocycles. The van der Waals surface area contributed by atoms with E-state index in [4.69, 9.17) is 5.26 Å². The number of H-pyrrole nitrogens is 1. The molecule has 0 unspecified atom stereocenters. The largest absolute Gasteiger partial charge is 0.361 e. The van der Waals surface area contributed by atoms with Crippen molar-refractivity contribution in [3.05, 3.63) is 77.0 Å². The van der Waals surface area contributed by atoms with Gasteiger partial charge in [0.25, 0.3) is 0 Å². The summed E-state index contributed by atoms with van der Waals surface area (Å²) in [6.07, 6.45) is 8.39. The number of unbranched alkanes of at least 4 members (excludes halogenated alkanes) is 1. The predicted molar refractivity (Wildman–Crippen MR) is 120 cm³/mol. The van der Waals surface area contributed by atoms with Gasteiger partial charge >= 0.3 is 0 Å². The van der Waals surface area contributed by atoms with E-state index in [2.05, 4.69) is 27.3 Å². The fourth-order valence-electron chi connectivity index (χ4n) is 3.95. The summed E-state index contributed by atoms with van der Waals surface area (Å²) in [5.74, 6) is -0.0579. The molecule has 5 nitrogen and oxygen atoms in total. The smallest absolute Gasteiger partial charge is 0.243 e. The minimum atomic E-state index is -0.0579. The summed E-state index contributed by atoms with van der Waals surface area (Å²) in [6, 6.07) is 16.4. The SMILES string of the molecule is N#Cc1ccc2c(c1)CN(CCCCNC(=O)/C=C/c1ccc3cc[nH]c3c1)CC2. The van der Waals surface area contributed by atoms with Crippen LogP contribution in [0.2, 0.25) is 0 Å². The van der Waals surface area contributed by atoms with Crippen LogP contribution >= 0.6 is 0 Å². The fourth-order valence-corrected chi connectivity index (χ4v) is 3.95. The number of aromatic amines is 1. The lowest BCUT2D eigenvalue weighted by molar-refractivity contribution is -0.116. The van der Waals surface area contributed by atoms with Crippen molar-refractivity contribution in [1.82, 2.24) is 15.2 Å². The van der Waals surface area contributed by atoms with Crippen LogP contribution in [0.25, 0.3) is 17.0 Å². The highest BCUT2D eigenvalue weighted by atomic mass is 16.1. The Morgan fingerprint density at radius 2 is 2.10 bits per heavy atom. The molecule has 1 aliphatic rings. The Bertz CT molecular complexity index is 1110. The minimum Gasteiger partial charge on any atom is -0.361 e. The number of benzene rings is 2. The van der Waals surface area contributed by atoms with E-state index in [1.165, 1.54) is 16.5 Å². The number of fused-ring (bicyclic) bond motifs is 2. The first-order valence-corrected chi connectivity index (χ1v) is 10.5. The van der Waals surface area contributed by atoms with Crippen molar-refractivity contribution in [3.8, 4) is 6.07 Å². The maximum Gasteiger partial charge on any atom is 0.243 e. The van der Waals surface area contributed by atoms with Gasteiger partial charge in [-0.25, -0.2) is 0 Å². The van der Waals surface area contributed by atoms with Crippen molar-refractivity contribution in [1.29, 1.82) is 5.26 Å². The normalized spacial score (nSPS) is 14.0. The Balaban J connectivity index is 1.16. The van der Waals surface area contributed by atoms with Gasteiger partial charge in [0.1, 0.15) is 0 Å². The highest BCUT2D eigenvalue weighted by Gasteiger charge is 2.16. The zero-order valence-electron chi connectivity index (χ0n) is 17.0. The van der Waals surface area contributed by atoms with Crippen LogP contribution in [-0.2, 0) is 17.8 Å². The molecule has 0 atom stereocenters. The van der Waals surface area contributed by atoms with E-state index < -0.39 is 0 Å². The predicted octanol–water partition coefficient (Wildman–Crippen LogP) is 4.01. The van der Waals surface area contributed by atoms with Gasteiger partial charge in [-0.15, -0.1) is 0 Å². The van der Waals surface area contributed by atoms with Gasteiger partial charge in [-0.1, -0.05) is 18.2 Å². The van der Waals surface area contributed by atoms with Crippen LogP contribution in [0.15, 0.2) is 54.7 Å². The standard InChI is InChI=1S/C25H26N4O/c26-17-20-4-6-21-10-14-29(18-23(21)15-20)13-2-1-11-28-25(30)8-5-19-3-7-22-9-12-27-24(22)16-19/h3-9,12,15-16,27H,1-2,10-11,13-14,18H2,(H,28,30)/b8-5+. The molecule has 30 heavy (non-hydrogen) atoms. The quantitative estimate of drug-likeness (QED) is 0.467. The number of hydrogen-bond donors (Lipinski definition) is 2. The van der Waals surface area contributed by atoms with Crippen LogP contribution < -0.4 is 5.32 Å². The summed E-state index contributed by atoms with van der Waals surface area (Å²) in [6.45, 7) is 3.66. The molecular weight excluding hydrogens is 372 g/mol. The zero-order chi connectivity index (χ0) is 20.8. The fraction of sp³-hybridized carbons (Fsp3) is 0.280. The Morgan fingerprint density at radius 3 is 3.00 bits per heavy atom. The number of carbonyl (C=O) groups is 1. The number of nitrogens with one attached hydrogen (secondary N) is 2. The van der Waals surface area contributed by atoms with Gasteiger partial charge in [0.2, 0.25) is 5.91 Å². The number of nitrogens with zero attached hydrogens (tertiary/aromatic N) is 2. The third-order valence-electron chi connectivity index (χ3n) is 5.63. The molecule has 3 aromatic rings. The molecule has 0 spiro atoms. The van der Waals surface area contributed by atoms with Gasteiger partial charge in [-0.2, -0.15) is 5.26 Å². The maximum atomic E-state index is 12.0. The van der Waals surface area contributed by atoms with E-state index in [0.717, 1.165) is 55.5 Å². The third kappa shape index (κ3) is 4.97. The van der Waals surface area contributed by atoms with E-state index in [1.807, 2.05) is 48.7 Å². The number of amides is 1. The van der Waals surface area contributed by atoms with Gasteiger partial charge < -0.3 is 10.3 Å². The van der Waals surface area contributed by atoms with Crippen molar-refractivity contribution in [2.45, 2.75) is 25.8 Å². The number of hydrogen-bond acceptors (Lipinski definition) is 3. The molecule has 0 aliphatic carbocycles. The van der Waals surface area contributed by atoms with Crippen LogP contribution in [0, 0.1) is 11.3 Å². The average molecular weight is 399 g/mol. The zero-order valence-corrected chi connectivity index (χ0v) is 17.0. The first-order chi connectivity index (χ1) is 14.7. The number of carbonyl (C=O) groups excluding carboxylic acids is 1. The number of nitriles is 1. The van der Waals surface area contributed by atoms with Crippen molar-refractivity contribution in [3.63, 3.8) is 0 Å². The monoisotopic (exact) mass is 398 g/mol. The average Bonchev–Trinajstić information content (AvgIpc) is 3.25. The van der Waals surface area contributed by atoms with Gasteiger partial charge in [-0.05, 0) is 78.2 Å². The molecule has 4 rings (SSSR count). The molecule has 0 radical (unpaired) electrons. The summed E-state index contributed by atoms with van der Waals surface area (Å²) in [5, 5.41) is 13.2. The lowest BCUT2D eigenvalue weighted by atomic mass is 9.97. The van der Waals surface area contributed by atoms with E-state index in [-0.39, 0.29) is 5.91 Å². The molecule has 1 amide bonds. The second-order valence-corrected chi connectivity index (χ2v) is 7.78. The van der Waals surface area contributed by atoms with Crippen molar-refractivity contribution in [2.24, 2.45) is 0 Å². The highest BCUT2D eigenvalue weighted by molar-refractivity contribution is 5.92. The number of aromatic nitrogens is 1. The van der Waals surface area contributed by atoms with Crippen molar-refractivity contribution in [2.75, 3.05) is 19.6 Å². The second-order valence-electron chi connectivity index (χ2n) is 7.78. The summed E-state index contributed by atoms with van der Waals surface area (Å²) in [7, 11) is 0. The third-order valence-corrected chi connectivity index (χ3v) is 5.63. The molecule has 1 aliphatic heterocycles. The lowest BCUT2D eigenvalue weighted by Crippen LogP contribution is -2.32. The Kier molecular flexibility index (Phi) is 6.26. The van der Waals surface area contributed by atoms with Crippen LogP contribution in [-0.4, -0.2) is 35.4 Å². The molecule has 1 aromatic heterocycles. The van der Waals surface area contributed by atoms with Crippen LogP contribution in [0.5, 0.6) is 0 Å². The van der Waals surface area contributed by atoms with Gasteiger partial charge in [-0.3, -0.25) is 9.69 Å². The Hall–Kier alpha value is -3.36. The van der Waals surface area contributed by atoms with Gasteiger partial charge in [0, 0.05) is 37.4 Å². The molecule has 0 bridgehead atoms. The van der Waals surface area contributed by atoms with E-state index in [9.17, 15) is 4.79 Å². The van der Waals surface area contributed by atoms with Gasteiger partial charge in [0.15, 0.2) is 0 Å². The molecule has 0 saturated heterocycles. The molecule has 2 heterocycles. The number of rotatable bonds is 7. The minimum absolute atomic E-state index is 0.0579. The Morgan fingerprint density at radius 1 is 1.17 bits per heavy atom. The summed E-state index contributed by atoms with van der Waals surface area (Å²) >= 11 is 0. The lowest BCUT2D eigenvalue weighted by Gasteiger charge is -2.28. The molecule has 2 N–H and O–H groups in total. The van der Waals surface area contributed by atoms with Crippen LogP contribution in [0.3, 0.4) is 0 Å². The van der Waals surface area contributed by atoms with E-state index >= 15 is 0 Å². The van der Waals surface area contributed by atoms with Crippen molar-refractivity contribution >= 4 is 22.9 Å². The highest BCUT2D eigenvalue weighted by Crippen LogP contribution is 2.20. The Labute approximate surface area is 177 Å². The summed E-state index contributed by atoms with van der Waals surface area (Å²) < 4.78 is 0. The van der Waals surface area contributed by atoms with E-state index in [1.54, 1.807) is 6.08 Å². The van der Waals surface area contributed by atoms with Gasteiger partial charge in [0.05, 0.1) is 11.6 Å². The van der Waals surface area contributed by atoms with Crippen LogP contribution in [0.4, 0.5) is 0 Å². The molecular formula is C25H26N4O. The first-order valence-electron chi connectivity index (χ1n) is 10.5. The topological polar surface area (TPSA) is 71.9 Å². The molecule has 2 aromatic carbocycles. The van der Waals surface area contributed by atoms with Crippen LogP contribution in [0.1, 0.15) is 35.1 Å². The van der Waals surface area contributed by atoms with Crippen molar-refractivity contribution < 1.29 is 4.79 Å². The maximum absolute atomic E-state index is 12.0. The first kappa shape index (κ1) is 19.9. The summed E-state index contributed by atoms with van der Waals surface area (Å²) in [5.41, 5.74) is 5.45. The molecule has 152 valence electrons. The molecule has 5 heteroatoms. The summed E-state index contributed by atoms with van der Waals surface area (Å²) in [4.78, 5) is 17.7. The second kappa shape index (κ2) is 9.43. The molecule has 0 fully saturated rings. The van der Waals surface area contributed by atoms with E-state index in [0.29, 0.717) is 6.54 Å².